The molecule has 1 fully saturated rings. The molecule has 0 aliphatic carbocycles. The molecule has 2 rings (SSSR count). The number of rotatable bonds is 3. The summed E-state index contributed by atoms with van der Waals surface area (Å²) in [6.45, 7) is 7.75. The molecule has 6 nitrogen and oxygen atoms in total. The molecule has 2 heterocycles. The van der Waals surface area contributed by atoms with Crippen LogP contribution >= 0.6 is 11.3 Å². The molecule has 2 N–H and O–H groups in total. The molecule has 7 heteroatoms. The Labute approximate surface area is 121 Å². The van der Waals surface area contributed by atoms with Gasteiger partial charge in [-0.05, 0) is 18.8 Å². The minimum absolute atomic E-state index is 0.106. The second-order valence-corrected chi connectivity index (χ2v) is 6.43. The summed E-state index contributed by atoms with van der Waals surface area (Å²) in [6.07, 6.45) is 0. The second-order valence-electron chi connectivity index (χ2n) is 5.35. The predicted molar refractivity (Wildman–Crippen MR) is 75.9 cm³/mol. The molecule has 20 heavy (non-hydrogen) atoms. The number of hydrogen-bond acceptors (Lipinski definition) is 4. The second kappa shape index (κ2) is 5.78. The molecule has 2 atom stereocenters. The van der Waals surface area contributed by atoms with Crippen LogP contribution in [0.25, 0.3) is 0 Å². The van der Waals surface area contributed by atoms with E-state index in [4.69, 9.17) is 5.11 Å². The molecule has 0 bridgehead atoms. The Morgan fingerprint density at radius 1 is 1.40 bits per heavy atom. The van der Waals surface area contributed by atoms with Crippen molar-refractivity contribution < 1.29 is 14.7 Å². The number of nitrogens with zero attached hydrogens (tertiary/aromatic N) is 2. The van der Waals surface area contributed by atoms with Crippen LogP contribution in [0.1, 0.15) is 34.2 Å². The minimum atomic E-state index is -0.972. The van der Waals surface area contributed by atoms with Gasteiger partial charge < -0.3 is 15.3 Å². The van der Waals surface area contributed by atoms with E-state index in [1.807, 2.05) is 0 Å². The predicted octanol–water partition coefficient (Wildman–Crippen LogP) is 1.95. The highest BCUT2D eigenvalue weighted by Crippen LogP contribution is 2.22. The number of amides is 2. The topological polar surface area (TPSA) is 82.5 Å². The molecule has 2 amide bonds. The van der Waals surface area contributed by atoms with E-state index < -0.39 is 5.97 Å². The molecule has 0 saturated carbocycles. The summed E-state index contributed by atoms with van der Waals surface area (Å²) >= 11 is 1.11. The maximum atomic E-state index is 12.0. The zero-order chi connectivity index (χ0) is 14.9. The third-order valence-electron chi connectivity index (χ3n) is 3.70. The zero-order valence-corrected chi connectivity index (χ0v) is 12.7. The van der Waals surface area contributed by atoms with Crippen molar-refractivity contribution in [2.75, 3.05) is 13.1 Å². The first-order chi connectivity index (χ1) is 9.38. The molecule has 0 aromatic carbocycles. The number of carboxylic acid groups (broad SMARTS) is 1. The molecular formula is C13H19N3O3S. The maximum Gasteiger partial charge on any atom is 0.347 e. The van der Waals surface area contributed by atoms with Crippen LogP contribution in [0.5, 0.6) is 0 Å². The molecule has 1 aromatic heterocycles. The molecular weight excluding hydrogens is 278 g/mol. The lowest BCUT2D eigenvalue weighted by Crippen LogP contribution is -2.38. The fraction of sp³-hybridized carbons (Fsp3) is 0.615. The van der Waals surface area contributed by atoms with E-state index in [9.17, 15) is 9.59 Å². The van der Waals surface area contributed by atoms with Crippen molar-refractivity contribution in [3.05, 3.63) is 15.6 Å². The van der Waals surface area contributed by atoms with Crippen LogP contribution < -0.4 is 5.32 Å². The van der Waals surface area contributed by atoms with Crippen molar-refractivity contribution in [3.8, 4) is 0 Å². The van der Waals surface area contributed by atoms with Gasteiger partial charge in [-0.15, -0.1) is 11.3 Å². The Bertz CT molecular complexity index is 519. The Kier molecular flexibility index (Phi) is 4.27. The smallest absolute Gasteiger partial charge is 0.347 e. The monoisotopic (exact) mass is 297 g/mol. The highest BCUT2D eigenvalue weighted by Gasteiger charge is 2.29. The van der Waals surface area contributed by atoms with Crippen LogP contribution in [0.4, 0.5) is 4.79 Å². The summed E-state index contributed by atoms with van der Waals surface area (Å²) in [6, 6.07) is -0.106. The Hall–Kier alpha value is -1.63. The minimum Gasteiger partial charge on any atom is -0.477 e. The van der Waals surface area contributed by atoms with Gasteiger partial charge in [0.25, 0.3) is 0 Å². The highest BCUT2D eigenvalue weighted by atomic mass is 32.1. The van der Waals surface area contributed by atoms with Gasteiger partial charge in [-0.1, -0.05) is 13.8 Å². The van der Waals surface area contributed by atoms with E-state index >= 15 is 0 Å². The maximum absolute atomic E-state index is 12.0. The molecule has 2 unspecified atom stereocenters. The molecule has 1 saturated heterocycles. The summed E-state index contributed by atoms with van der Waals surface area (Å²) in [5, 5.41) is 12.4. The van der Waals surface area contributed by atoms with E-state index in [1.54, 1.807) is 11.8 Å². The molecule has 0 radical (unpaired) electrons. The van der Waals surface area contributed by atoms with Gasteiger partial charge in [-0.2, -0.15) is 0 Å². The summed E-state index contributed by atoms with van der Waals surface area (Å²) in [5.41, 5.74) is 0.496. The van der Waals surface area contributed by atoms with Gasteiger partial charge in [0.05, 0.1) is 12.2 Å². The zero-order valence-electron chi connectivity index (χ0n) is 11.8. The number of urea groups is 1. The third kappa shape index (κ3) is 3.09. The number of carbonyl (C=O) groups excluding carboxylic acids is 1. The van der Waals surface area contributed by atoms with Gasteiger partial charge in [0.2, 0.25) is 0 Å². The largest absolute Gasteiger partial charge is 0.477 e. The van der Waals surface area contributed by atoms with E-state index in [0.29, 0.717) is 22.5 Å². The van der Waals surface area contributed by atoms with Crippen LogP contribution in [0.2, 0.25) is 0 Å². The standard InChI is InChI=1S/C13H19N3O3S/c1-7-5-16(6-8(7)2)13(19)14-4-10-15-9(3)11(20-10)12(17)18/h7-8H,4-6H2,1-3H3,(H,14,19)(H,17,18). The normalized spacial score (nSPS) is 22.1. The number of aromatic nitrogens is 1. The SMILES string of the molecule is Cc1nc(CNC(=O)N2CC(C)C(C)C2)sc1C(=O)O. The van der Waals surface area contributed by atoms with Gasteiger partial charge in [0.15, 0.2) is 0 Å². The van der Waals surface area contributed by atoms with Crippen molar-refractivity contribution in [1.82, 2.24) is 15.2 Å². The number of aryl methyl sites for hydroxylation is 1. The van der Waals surface area contributed by atoms with Crippen LogP contribution in [-0.2, 0) is 6.54 Å². The van der Waals surface area contributed by atoms with Crippen molar-refractivity contribution in [3.63, 3.8) is 0 Å². The van der Waals surface area contributed by atoms with Crippen LogP contribution in [0.15, 0.2) is 0 Å². The van der Waals surface area contributed by atoms with Crippen LogP contribution in [0, 0.1) is 18.8 Å². The number of likely N-dealkylation sites (tertiary alicyclic amines) is 1. The number of thiazole rings is 1. The molecule has 1 aromatic rings. The Balaban J connectivity index is 1.91. The van der Waals surface area contributed by atoms with Gasteiger partial charge in [0, 0.05) is 13.1 Å². The van der Waals surface area contributed by atoms with Crippen molar-refractivity contribution in [2.45, 2.75) is 27.3 Å². The number of carboxylic acids is 1. The van der Waals surface area contributed by atoms with E-state index in [1.165, 1.54) is 0 Å². The number of nitrogens with one attached hydrogen (secondary N) is 1. The molecule has 1 aliphatic heterocycles. The fourth-order valence-electron chi connectivity index (χ4n) is 2.28. The average Bonchev–Trinajstić information content (AvgIpc) is 2.91. The number of carbonyl (C=O) groups is 2. The quantitative estimate of drug-likeness (QED) is 0.893. The highest BCUT2D eigenvalue weighted by molar-refractivity contribution is 7.13. The average molecular weight is 297 g/mol. The first kappa shape index (κ1) is 14.8. The third-order valence-corrected chi connectivity index (χ3v) is 4.85. The summed E-state index contributed by atoms with van der Waals surface area (Å²) in [4.78, 5) is 29.1. The lowest BCUT2D eigenvalue weighted by atomic mass is 10.0. The van der Waals surface area contributed by atoms with Gasteiger partial charge >= 0.3 is 12.0 Å². The Morgan fingerprint density at radius 3 is 2.50 bits per heavy atom. The molecule has 0 spiro atoms. The Morgan fingerprint density at radius 2 is 2.00 bits per heavy atom. The molecule has 110 valence electrons. The molecule has 1 aliphatic rings. The van der Waals surface area contributed by atoms with Crippen molar-refractivity contribution >= 4 is 23.3 Å². The fourth-order valence-corrected chi connectivity index (χ4v) is 3.13. The van der Waals surface area contributed by atoms with E-state index in [-0.39, 0.29) is 17.5 Å². The van der Waals surface area contributed by atoms with Gasteiger partial charge in [-0.3, -0.25) is 0 Å². The van der Waals surface area contributed by atoms with Gasteiger partial charge in [0.1, 0.15) is 9.88 Å². The lowest BCUT2D eigenvalue weighted by molar-refractivity contribution is 0.0701. The van der Waals surface area contributed by atoms with E-state index in [2.05, 4.69) is 24.1 Å². The van der Waals surface area contributed by atoms with Crippen LogP contribution in [-0.4, -0.2) is 40.1 Å². The van der Waals surface area contributed by atoms with E-state index in [0.717, 1.165) is 24.4 Å². The van der Waals surface area contributed by atoms with Crippen LogP contribution in [0.3, 0.4) is 0 Å². The number of hydrogen-bond donors (Lipinski definition) is 2. The van der Waals surface area contributed by atoms with Crippen molar-refractivity contribution in [2.24, 2.45) is 11.8 Å². The lowest BCUT2D eigenvalue weighted by Gasteiger charge is -2.16. The number of aromatic carboxylic acids is 1. The van der Waals surface area contributed by atoms with Gasteiger partial charge in [-0.25, -0.2) is 14.6 Å². The summed E-state index contributed by atoms with van der Waals surface area (Å²) in [5.74, 6) is 0.0581. The first-order valence-corrected chi connectivity index (χ1v) is 7.42. The summed E-state index contributed by atoms with van der Waals surface area (Å²) in [7, 11) is 0. The first-order valence-electron chi connectivity index (χ1n) is 6.61. The van der Waals surface area contributed by atoms with Crippen molar-refractivity contribution in [1.29, 1.82) is 0 Å². The summed E-state index contributed by atoms with van der Waals surface area (Å²) < 4.78 is 0.